The van der Waals surface area contributed by atoms with E-state index in [0.29, 0.717) is 30.2 Å². The van der Waals surface area contributed by atoms with Crippen molar-refractivity contribution in [3.05, 3.63) is 88.4 Å². The zero-order valence-electron chi connectivity index (χ0n) is 19.0. The van der Waals surface area contributed by atoms with Crippen LogP contribution in [0.15, 0.2) is 72.1 Å². The number of thiazole rings is 1. The zero-order valence-corrected chi connectivity index (χ0v) is 19.8. The highest BCUT2D eigenvalue weighted by Crippen LogP contribution is 2.25. The van der Waals surface area contributed by atoms with Crippen LogP contribution < -0.4 is 15.4 Å². The molecule has 2 aromatic carbocycles. The first-order valence-electron chi connectivity index (χ1n) is 11.2. The van der Waals surface area contributed by atoms with E-state index >= 15 is 0 Å². The molecule has 0 bridgehead atoms. The summed E-state index contributed by atoms with van der Waals surface area (Å²) in [5.41, 5.74) is 2.80. The van der Waals surface area contributed by atoms with E-state index in [-0.39, 0.29) is 17.7 Å². The van der Waals surface area contributed by atoms with Gasteiger partial charge in [0.1, 0.15) is 12.4 Å². The van der Waals surface area contributed by atoms with Gasteiger partial charge in [-0.25, -0.2) is 4.98 Å². The van der Waals surface area contributed by atoms with Gasteiger partial charge in [0.05, 0.1) is 22.1 Å². The number of nitrogens with zero attached hydrogens (tertiary/aromatic N) is 1. The lowest BCUT2D eigenvalue weighted by Crippen LogP contribution is -2.17. The quantitative estimate of drug-likeness (QED) is 0.296. The number of para-hydroxylation sites is 3. The number of hydrogen-bond donors (Lipinski definition) is 2. The van der Waals surface area contributed by atoms with Gasteiger partial charge in [-0.3, -0.25) is 9.59 Å². The number of rotatable bonds is 9. The Bertz CT molecular complexity index is 1220. The summed E-state index contributed by atoms with van der Waals surface area (Å²) in [7, 11) is 0. The Morgan fingerprint density at radius 3 is 2.62 bits per heavy atom. The van der Waals surface area contributed by atoms with Gasteiger partial charge in [-0.05, 0) is 50.0 Å². The molecule has 4 rings (SSSR count). The molecule has 1 aromatic heterocycles. The number of hydrogen-bond acceptors (Lipinski definition) is 5. The van der Waals surface area contributed by atoms with Crippen LogP contribution in [-0.2, 0) is 16.2 Å². The zero-order chi connectivity index (χ0) is 23.8. The molecule has 0 aliphatic heterocycles. The largest absolute Gasteiger partial charge is 0.487 e. The Hall–Kier alpha value is -3.71. The molecule has 1 atom stereocenters. The maximum Gasteiger partial charge on any atom is 0.248 e. The van der Waals surface area contributed by atoms with Crippen LogP contribution in [0.2, 0.25) is 0 Å². The first-order valence-corrected chi connectivity index (χ1v) is 12.1. The summed E-state index contributed by atoms with van der Waals surface area (Å²) in [4.78, 5) is 29.5. The van der Waals surface area contributed by atoms with Gasteiger partial charge in [0.25, 0.3) is 0 Å². The SMILES string of the molecule is Cc1nc(COc2ccccc2/C=C/C(=O)Nc2ccccc2NC(=O)CC2C=CCC2)cs1. The van der Waals surface area contributed by atoms with E-state index in [1.165, 1.54) is 6.08 Å². The molecule has 2 amide bonds. The molecule has 0 spiro atoms. The van der Waals surface area contributed by atoms with Gasteiger partial charge >= 0.3 is 0 Å². The summed E-state index contributed by atoms with van der Waals surface area (Å²) >= 11 is 1.58. The summed E-state index contributed by atoms with van der Waals surface area (Å²) in [6.07, 6.45) is 9.84. The van der Waals surface area contributed by atoms with Crippen molar-refractivity contribution < 1.29 is 14.3 Å². The maximum atomic E-state index is 12.6. The summed E-state index contributed by atoms with van der Waals surface area (Å²) < 4.78 is 5.91. The second-order valence-corrected chi connectivity index (χ2v) is 9.13. The number of anilines is 2. The predicted octanol–water partition coefficient (Wildman–Crippen LogP) is 5.98. The number of ether oxygens (including phenoxy) is 1. The molecule has 0 fully saturated rings. The molecule has 0 radical (unpaired) electrons. The lowest BCUT2D eigenvalue weighted by atomic mass is 10.0. The molecular formula is C27H27N3O3S. The van der Waals surface area contributed by atoms with Crippen molar-refractivity contribution in [2.45, 2.75) is 32.8 Å². The Balaban J connectivity index is 1.37. The molecule has 0 saturated carbocycles. The third-order valence-corrected chi connectivity index (χ3v) is 6.22. The molecule has 1 unspecified atom stereocenters. The number of carbonyl (C=O) groups is 2. The third-order valence-electron chi connectivity index (χ3n) is 5.39. The smallest absolute Gasteiger partial charge is 0.248 e. The Labute approximate surface area is 203 Å². The normalized spacial score (nSPS) is 14.9. The predicted molar refractivity (Wildman–Crippen MR) is 137 cm³/mol. The van der Waals surface area contributed by atoms with Crippen LogP contribution in [0, 0.1) is 12.8 Å². The lowest BCUT2D eigenvalue weighted by Gasteiger charge is -2.13. The summed E-state index contributed by atoms with van der Waals surface area (Å²) in [6, 6.07) is 14.7. The molecule has 0 saturated heterocycles. The number of amides is 2. The lowest BCUT2D eigenvalue weighted by molar-refractivity contribution is -0.117. The first-order chi connectivity index (χ1) is 16.6. The molecule has 3 aromatic rings. The molecular weight excluding hydrogens is 446 g/mol. The number of nitrogens with one attached hydrogen (secondary N) is 2. The minimum Gasteiger partial charge on any atom is -0.487 e. The van der Waals surface area contributed by atoms with Gasteiger partial charge in [-0.1, -0.05) is 42.5 Å². The minimum absolute atomic E-state index is 0.0600. The van der Waals surface area contributed by atoms with Crippen LogP contribution in [0.5, 0.6) is 5.75 Å². The molecule has 1 heterocycles. The highest BCUT2D eigenvalue weighted by atomic mass is 32.1. The second kappa shape index (κ2) is 11.4. The van der Waals surface area contributed by atoms with E-state index in [1.807, 2.05) is 48.7 Å². The van der Waals surface area contributed by atoms with Crippen molar-refractivity contribution >= 4 is 40.6 Å². The van der Waals surface area contributed by atoms with Crippen LogP contribution in [0.25, 0.3) is 6.08 Å². The van der Waals surface area contributed by atoms with E-state index in [4.69, 9.17) is 4.74 Å². The molecule has 6 nitrogen and oxygen atoms in total. The third kappa shape index (κ3) is 6.65. The fourth-order valence-electron chi connectivity index (χ4n) is 3.72. The first kappa shape index (κ1) is 23.4. The fourth-order valence-corrected chi connectivity index (χ4v) is 4.32. The van der Waals surface area contributed by atoms with E-state index in [1.54, 1.807) is 29.5 Å². The Morgan fingerprint density at radius 2 is 1.88 bits per heavy atom. The van der Waals surface area contributed by atoms with Crippen LogP contribution in [0.3, 0.4) is 0 Å². The average molecular weight is 474 g/mol. The minimum atomic E-state index is -0.301. The second-order valence-electron chi connectivity index (χ2n) is 8.07. The highest BCUT2D eigenvalue weighted by Gasteiger charge is 2.15. The Kier molecular flexibility index (Phi) is 7.88. The van der Waals surface area contributed by atoms with Crippen LogP contribution in [0.4, 0.5) is 11.4 Å². The topological polar surface area (TPSA) is 80.3 Å². The Morgan fingerprint density at radius 1 is 1.12 bits per heavy atom. The number of aromatic nitrogens is 1. The van der Waals surface area contributed by atoms with Crippen molar-refractivity contribution in [2.24, 2.45) is 5.92 Å². The molecule has 7 heteroatoms. The number of aryl methyl sites for hydroxylation is 1. The van der Waals surface area contributed by atoms with Gasteiger partial charge in [-0.2, -0.15) is 0 Å². The van der Waals surface area contributed by atoms with Gasteiger partial charge < -0.3 is 15.4 Å². The maximum absolute atomic E-state index is 12.6. The average Bonchev–Trinajstić information content (AvgIpc) is 3.49. The van der Waals surface area contributed by atoms with Crippen molar-refractivity contribution in [1.82, 2.24) is 4.98 Å². The van der Waals surface area contributed by atoms with Crippen molar-refractivity contribution in [1.29, 1.82) is 0 Å². The van der Waals surface area contributed by atoms with Gasteiger partial charge in [0, 0.05) is 23.4 Å². The molecule has 2 N–H and O–H groups in total. The number of benzene rings is 2. The van der Waals surface area contributed by atoms with Crippen molar-refractivity contribution in [2.75, 3.05) is 10.6 Å². The summed E-state index contributed by atoms with van der Waals surface area (Å²) in [6.45, 7) is 2.32. The summed E-state index contributed by atoms with van der Waals surface area (Å²) in [5, 5.41) is 8.75. The van der Waals surface area contributed by atoms with E-state index in [9.17, 15) is 9.59 Å². The van der Waals surface area contributed by atoms with Gasteiger partial charge in [-0.15, -0.1) is 11.3 Å². The fraction of sp³-hybridized carbons (Fsp3) is 0.222. The molecule has 1 aliphatic rings. The van der Waals surface area contributed by atoms with Crippen LogP contribution in [-0.4, -0.2) is 16.8 Å². The molecule has 1 aliphatic carbocycles. The van der Waals surface area contributed by atoms with Crippen LogP contribution >= 0.6 is 11.3 Å². The van der Waals surface area contributed by atoms with Gasteiger partial charge in [0.2, 0.25) is 11.8 Å². The molecule has 34 heavy (non-hydrogen) atoms. The standard InChI is InChI=1S/C27H27N3O3S/c1-19-28-22(18-34-19)17-33-25-13-7-4-10-21(25)14-15-26(31)29-23-11-5-6-12-24(23)30-27(32)16-20-8-2-3-9-20/h2,4-8,10-15,18,20H,3,9,16-17H2,1H3,(H,29,31)(H,30,32)/b15-14+. The van der Waals surface area contributed by atoms with Gasteiger partial charge in [0.15, 0.2) is 0 Å². The highest BCUT2D eigenvalue weighted by molar-refractivity contribution is 7.09. The van der Waals surface area contributed by atoms with Crippen LogP contribution in [0.1, 0.15) is 35.5 Å². The number of carbonyl (C=O) groups excluding carboxylic acids is 2. The monoisotopic (exact) mass is 473 g/mol. The van der Waals surface area contributed by atoms with E-state index in [2.05, 4.69) is 27.8 Å². The number of allylic oxidation sites excluding steroid dienone is 2. The van der Waals surface area contributed by atoms with E-state index < -0.39 is 0 Å². The van der Waals surface area contributed by atoms with Crippen molar-refractivity contribution in [3.8, 4) is 5.75 Å². The van der Waals surface area contributed by atoms with E-state index in [0.717, 1.165) is 29.1 Å². The molecule has 174 valence electrons. The van der Waals surface area contributed by atoms with Crippen molar-refractivity contribution in [3.63, 3.8) is 0 Å². The summed E-state index contributed by atoms with van der Waals surface area (Å²) in [5.74, 6) is 0.595.